The summed E-state index contributed by atoms with van der Waals surface area (Å²) in [6.07, 6.45) is 1.79. The van der Waals surface area contributed by atoms with Crippen LogP contribution in [0.3, 0.4) is 0 Å². The van der Waals surface area contributed by atoms with Crippen LogP contribution in [0.5, 0.6) is 0 Å². The quantitative estimate of drug-likeness (QED) is 0.393. The van der Waals surface area contributed by atoms with Crippen molar-refractivity contribution in [2.75, 3.05) is 0 Å². The number of hydrogen-bond acceptors (Lipinski definition) is 3. The molecule has 1 amide bonds. The van der Waals surface area contributed by atoms with Crippen LogP contribution < -0.4 is 0 Å². The second kappa shape index (κ2) is 7.31. The lowest BCUT2D eigenvalue weighted by Gasteiger charge is -2.54. The molecule has 0 saturated heterocycles. The summed E-state index contributed by atoms with van der Waals surface area (Å²) in [5.74, 6) is 0.765. The van der Waals surface area contributed by atoms with Gasteiger partial charge in [-0.15, -0.1) is 0 Å². The van der Waals surface area contributed by atoms with Gasteiger partial charge in [-0.2, -0.15) is 5.26 Å². The Morgan fingerprint density at radius 1 is 1.20 bits per heavy atom. The van der Waals surface area contributed by atoms with Crippen LogP contribution in [0.4, 0.5) is 4.79 Å². The number of hydrogen-bond donors (Lipinski definition) is 1. The fourth-order valence-electron chi connectivity index (χ4n) is 4.52. The summed E-state index contributed by atoms with van der Waals surface area (Å²) < 4.78 is 7.07. The molecule has 2 aromatic carbocycles. The van der Waals surface area contributed by atoms with Crippen molar-refractivity contribution in [3.8, 4) is 17.4 Å². The lowest BCUT2D eigenvalue weighted by Crippen LogP contribution is -2.60. The first-order valence-corrected chi connectivity index (χ1v) is 11.0. The highest BCUT2D eigenvalue weighted by Crippen LogP contribution is 2.49. The predicted molar refractivity (Wildman–Crippen MR) is 124 cm³/mol. The van der Waals surface area contributed by atoms with E-state index in [0.717, 1.165) is 45.1 Å². The Morgan fingerprint density at radius 3 is 2.37 bits per heavy atom. The lowest BCUT2D eigenvalue weighted by molar-refractivity contribution is -0.0328. The van der Waals surface area contributed by atoms with E-state index in [9.17, 15) is 9.90 Å². The third-order valence-corrected chi connectivity index (χ3v) is 6.98. The maximum absolute atomic E-state index is 12.1. The minimum atomic E-state index is -0.883. The SMILES string of the molecule is CC(C)(C)N(C(=O)O)C1(c2ccc(-c3oc4cc(C#N)ccc4c3I)cc2)CCC1. The fourth-order valence-corrected chi connectivity index (χ4v) is 5.38. The average molecular weight is 514 g/mol. The fraction of sp³-hybridized carbons (Fsp3) is 0.333. The molecule has 0 unspecified atom stereocenters. The number of fused-ring (bicyclic) bond motifs is 1. The van der Waals surface area contributed by atoms with E-state index in [-0.39, 0.29) is 0 Å². The molecule has 1 aliphatic rings. The smallest absolute Gasteiger partial charge is 0.408 e. The molecular formula is C24H23IN2O3. The van der Waals surface area contributed by atoms with Crippen molar-refractivity contribution in [2.45, 2.75) is 51.1 Å². The zero-order valence-corrected chi connectivity index (χ0v) is 19.4. The van der Waals surface area contributed by atoms with Gasteiger partial charge in [-0.1, -0.05) is 24.3 Å². The highest BCUT2D eigenvalue weighted by atomic mass is 127. The summed E-state index contributed by atoms with van der Waals surface area (Å²) in [6, 6.07) is 15.7. The van der Waals surface area contributed by atoms with Crippen molar-refractivity contribution >= 4 is 39.7 Å². The van der Waals surface area contributed by atoms with Gasteiger partial charge in [0.2, 0.25) is 0 Å². The molecule has 1 heterocycles. The van der Waals surface area contributed by atoms with E-state index in [1.165, 1.54) is 0 Å². The number of benzene rings is 2. The lowest BCUT2D eigenvalue weighted by atomic mass is 9.69. The third-order valence-electron chi connectivity index (χ3n) is 5.91. The predicted octanol–water partition coefficient (Wildman–Crippen LogP) is 6.73. The molecule has 1 fully saturated rings. The van der Waals surface area contributed by atoms with Crippen LogP contribution >= 0.6 is 22.6 Å². The number of halogens is 1. The highest BCUT2D eigenvalue weighted by Gasteiger charge is 2.50. The molecule has 0 aliphatic heterocycles. The summed E-state index contributed by atoms with van der Waals surface area (Å²) in [5, 5.41) is 20.1. The first kappa shape index (κ1) is 20.7. The van der Waals surface area contributed by atoms with Crippen molar-refractivity contribution in [3.63, 3.8) is 0 Å². The van der Waals surface area contributed by atoms with E-state index >= 15 is 0 Å². The second-order valence-electron chi connectivity index (χ2n) is 8.82. The van der Waals surface area contributed by atoms with Crippen LogP contribution in [0.1, 0.15) is 51.2 Å². The number of carboxylic acid groups (broad SMARTS) is 1. The molecule has 0 atom stereocenters. The van der Waals surface area contributed by atoms with Crippen molar-refractivity contribution in [1.29, 1.82) is 5.26 Å². The first-order chi connectivity index (χ1) is 14.2. The van der Waals surface area contributed by atoms with Crippen LogP contribution in [0, 0.1) is 14.9 Å². The van der Waals surface area contributed by atoms with Gasteiger partial charge in [0.15, 0.2) is 0 Å². The van der Waals surface area contributed by atoms with Gasteiger partial charge < -0.3 is 9.52 Å². The van der Waals surface area contributed by atoms with E-state index in [1.54, 1.807) is 17.0 Å². The van der Waals surface area contributed by atoms with E-state index in [1.807, 2.05) is 51.1 Å². The Balaban J connectivity index is 1.74. The minimum absolute atomic E-state index is 0.481. The van der Waals surface area contributed by atoms with E-state index in [4.69, 9.17) is 9.68 Å². The Hall–Kier alpha value is -2.53. The van der Waals surface area contributed by atoms with Crippen molar-refractivity contribution < 1.29 is 14.3 Å². The largest absolute Gasteiger partial charge is 0.465 e. The van der Waals surface area contributed by atoms with Gasteiger partial charge >= 0.3 is 6.09 Å². The molecule has 1 N–H and O–H groups in total. The summed E-state index contributed by atoms with van der Waals surface area (Å²) in [4.78, 5) is 13.7. The second-order valence-corrected chi connectivity index (χ2v) is 9.90. The van der Waals surface area contributed by atoms with Gasteiger partial charge in [-0.3, -0.25) is 4.90 Å². The van der Waals surface area contributed by atoms with Gasteiger partial charge in [0, 0.05) is 16.5 Å². The van der Waals surface area contributed by atoms with Gasteiger partial charge in [-0.25, -0.2) is 4.79 Å². The number of amides is 1. The van der Waals surface area contributed by atoms with Crippen LogP contribution in [-0.2, 0) is 5.54 Å². The standard InChI is InChI=1S/C24H23IN2O3/c1-23(2,3)27(22(28)29)24(11-4-12-24)17-8-6-16(7-9-17)21-20(25)18-10-5-15(14-26)13-19(18)30-21/h5-10,13H,4,11-12H2,1-3H3,(H,28,29). The monoisotopic (exact) mass is 514 g/mol. The number of furan rings is 1. The number of nitriles is 1. The van der Waals surface area contributed by atoms with Crippen molar-refractivity contribution in [1.82, 2.24) is 4.90 Å². The van der Waals surface area contributed by atoms with Gasteiger partial charge in [-0.05, 0) is 86.4 Å². The molecule has 4 rings (SSSR count). The molecule has 154 valence electrons. The molecule has 0 bridgehead atoms. The molecule has 30 heavy (non-hydrogen) atoms. The van der Waals surface area contributed by atoms with Gasteiger partial charge in [0.25, 0.3) is 0 Å². The van der Waals surface area contributed by atoms with E-state index < -0.39 is 17.2 Å². The maximum Gasteiger partial charge on any atom is 0.408 e. The molecule has 1 aromatic heterocycles. The normalized spacial score (nSPS) is 15.4. The van der Waals surface area contributed by atoms with Gasteiger partial charge in [0.1, 0.15) is 11.3 Å². The number of nitrogens with zero attached hydrogens (tertiary/aromatic N) is 2. The van der Waals surface area contributed by atoms with Crippen LogP contribution in [0.2, 0.25) is 0 Å². The number of rotatable bonds is 3. The molecule has 3 aromatic rings. The summed E-state index contributed by atoms with van der Waals surface area (Å²) in [6.45, 7) is 5.84. The zero-order valence-electron chi connectivity index (χ0n) is 17.2. The van der Waals surface area contributed by atoms with E-state index in [0.29, 0.717) is 11.1 Å². The van der Waals surface area contributed by atoms with Crippen LogP contribution in [-0.4, -0.2) is 21.6 Å². The third kappa shape index (κ3) is 3.25. The molecule has 1 saturated carbocycles. The minimum Gasteiger partial charge on any atom is -0.465 e. The topological polar surface area (TPSA) is 77.5 Å². The van der Waals surface area contributed by atoms with Gasteiger partial charge in [0.05, 0.1) is 20.7 Å². The summed E-state index contributed by atoms with van der Waals surface area (Å²) >= 11 is 2.27. The zero-order chi connectivity index (χ0) is 21.7. The van der Waals surface area contributed by atoms with E-state index in [2.05, 4.69) is 28.7 Å². The summed E-state index contributed by atoms with van der Waals surface area (Å²) in [7, 11) is 0. The summed E-state index contributed by atoms with van der Waals surface area (Å²) in [5.41, 5.74) is 2.25. The Bertz CT molecular complexity index is 1160. The maximum atomic E-state index is 12.1. The highest BCUT2D eigenvalue weighted by molar-refractivity contribution is 14.1. The molecule has 0 spiro atoms. The molecule has 1 aliphatic carbocycles. The van der Waals surface area contributed by atoms with Crippen LogP contribution in [0.15, 0.2) is 46.9 Å². The Morgan fingerprint density at radius 2 is 1.87 bits per heavy atom. The van der Waals surface area contributed by atoms with Crippen molar-refractivity contribution in [3.05, 3.63) is 57.2 Å². The first-order valence-electron chi connectivity index (χ1n) is 9.94. The average Bonchev–Trinajstić information content (AvgIpc) is 2.99. The van der Waals surface area contributed by atoms with Crippen molar-refractivity contribution in [2.24, 2.45) is 0 Å². The van der Waals surface area contributed by atoms with Crippen LogP contribution in [0.25, 0.3) is 22.3 Å². The molecule has 5 nitrogen and oxygen atoms in total. The Kier molecular flexibility index (Phi) is 5.05. The number of carbonyl (C=O) groups is 1. The Labute approximate surface area is 189 Å². The molecular weight excluding hydrogens is 491 g/mol. The molecule has 6 heteroatoms. The molecule has 0 radical (unpaired) electrons.